The second kappa shape index (κ2) is 6.24. The summed E-state index contributed by atoms with van der Waals surface area (Å²) in [6, 6.07) is 5.83. The van der Waals surface area contributed by atoms with Crippen molar-refractivity contribution in [2.75, 3.05) is 0 Å². The van der Waals surface area contributed by atoms with Gasteiger partial charge >= 0.3 is 0 Å². The summed E-state index contributed by atoms with van der Waals surface area (Å²) in [6.45, 7) is 2.81. The number of benzene rings is 1. The topological polar surface area (TPSA) is 22.0 Å². The van der Waals surface area contributed by atoms with E-state index in [0.717, 1.165) is 48.2 Å². The number of hydrogen-bond acceptors (Lipinski definition) is 2. The molecular formula is C17H17F2NOS. The minimum atomic E-state index is -0.833. The Kier molecular flexibility index (Phi) is 4.34. The molecule has 0 N–H and O–H groups in total. The van der Waals surface area contributed by atoms with E-state index in [1.54, 1.807) is 12.1 Å². The number of rotatable bonds is 4. The van der Waals surface area contributed by atoms with Gasteiger partial charge in [0.2, 0.25) is 0 Å². The summed E-state index contributed by atoms with van der Waals surface area (Å²) in [4.78, 5) is 12.2. The summed E-state index contributed by atoms with van der Waals surface area (Å²) in [6.07, 6.45) is 2.77. The minimum Gasteiger partial charge on any atom is -0.340 e. The molecule has 5 heteroatoms. The first-order valence-corrected chi connectivity index (χ1v) is 8.41. The van der Waals surface area contributed by atoms with Crippen molar-refractivity contribution in [2.45, 2.75) is 43.5 Å². The van der Waals surface area contributed by atoms with Crippen LogP contribution < -0.4 is 5.43 Å². The molecule has 0 saturated carbocycles. The van der Waals surface area contributed by atoms with Crippen molar-refractivity contribution < 1.29 is 8.78 Å². The maximum atomic E-state index is 13.7. The third-order valence-electron chi connectivity index (χ3n) is 4.06. The first kappa shape index (κ1) is 15.3. The lowest BCUT2D eigenvalue weighted by molar-refractivity contribution is 0.502. The predicted molar refractivity (Wildman–Crippen MR) is 84.3 cm³/mol. The third-order valence-corrected chi connectivity index (χ3v) is 5.15. The summed E-state index contributed by atoms with van der Waals surface area (Å²) < 4.78 is 29.1. The fourth-order valence-corrected chi connectivity index (χ4v) is 4.09. The number of fused-ring (bicyclic) bond motifs is 1. The summed E-state index contributed by atoms with van der Waals surface area (Å²) >= 11 is 1.38. The fourth-order valence-electron chi connectivity index (χ4n) is 2.98. The number of halogens is 2. The quantitative estimate of drug-likeness (QED) is 0.796. The van der Waals surface area contributed by atoms with Gasteiger partial charge in [-0.3, -0.25) is 4.79 Å². The summed E-state index contributed by atoms with van der Waals surface area (Å²) in [7, 11) is 0. The van der Waals surface area contributed by atoms with Gasteiger partial charge in [-0.05, 0) is 32.3 Å². The molecule has 3 rings (SSSR count). The van der Waals surface area contributed by atoms with Crippen molar-refractivity contribution in [2.24, 2.45) is 0 Å². The molecule has 2 aromatic rings. The van der Waals surface area contributed by atoms with E-state index in [4.69, 9.17) is 0 Å². The maximum Gasteiger partial charge on any atom is 0.186 e. The zero-order chi connectivity index (χ0) is 15.7. The zero-order valence-corrected chi connectivity index (χ0v) is 13.2. The lowest BCUT2D eigenvalue weighted by Crippen LogP contribution is -2.16. The van der Waals surface area contributed by atoms with Crippen LogP contribution >= 0.6 is 11.8 Å². The second-order valence-electron chi connectivity index (χ2n) is 5.37. The van der Waals surface area contributed by atoms with Crippen LogP contribution in [0.2, 0.25) is 0 Å². The molecule has 0 aliphatic heterocycles. The fraction of sp³-hybridized carbons (Fsp3) is 0.353. The van der Waals surface area contributed by atoms with Gasteiger partial charge in [-0.1, -0.05) is 12.1 Å². The van der Waals surface area contributed by atoms with Crippen LogP contribution in [0, 0.1) is 11.6 Å². The first-order chi connectivity index (χ1) is 10.6. The molecule has 1 aliphatic carbocycles. The van der Waals surface area contributed by atoms with Gasteiger partial charge in [0, 0.05) is 35.2 Å². The van der Waals surface area contributed by atoms with E-state index >= 15 is 0 Å². The number of hydrogen-bond donors (Lipinski definition) is 0. The smallest absolute Gasteiger partial charge is 0.186 e. The van der Waals surface area contributed by atoms with Crippen LogP contribution in [0.15, 0.2) is 34.1 Å². The van der Waals surface area contributed by atoms with Gasteiger partial charge in [0.1, 0.15) is 0 Å². The molecule has 0 amide bonds. The molecule has 0 bridgehead atoms. The molecule has 2 nitrogen and oxygen atoms in total. The Labute approximate surface area is 132 Å². The van der Waals surface area contributed by atoms with Crippen LogP contribution in [0.1, 0.15) is 30.2 Å². The molecular weight excluding hydrogens is 304 g/mol. The Morgan fingerprint density at radius 3 is 2.86 bits per heavy atom. The van der Waals surface area contributed by atoms with E-state index in [0.29, 0.717) is 11.3 Å². The van der Waals surface area contributed by atoms with Gasteiger partial charge in [-0.25, -0.2) is 8.78 Å². The highest BCUT2D eigenvalue weighted by atomic mass is 32.2. The average Bonchev–Trinajstić information content (AvgIpc) is 2.99. The lowest BCUT2D eigenvalue weighted by atomic mass is 10.2. The second-order valence-corrected chi connectivity index (χ2v) is 6.37. The molecule has 0 radical (unpaired) electrons. The van der Waals surface area contributed by atoms with Crippen LogP contribution in [0.3, 0.4) is 0 Å². The van der Waals surface area contributed by atoms with E-state index in [-0.39, 0.29) is 5.43 Å². The summed E-state index contributed by atoms with van der Waals surface area (Å²) in [5.41, 5.74) is 2.42. The van der Waals surface area contributed by atoms with E-state index in [2.05, 4.69) is 4.57 Å². The minimum absolute atomic E-state index is 0.0689. The molecule has 116 valence electrons. The molecule has 1 heterocycles. The first-order valence-electron chi connectivity index (χ1n) is 7.43. The summed E-state index contributed by atoms with van der Waals surface area (Å²) in [5, 5.41) is 0.830. The number of nitrogens with zero attached hydrogens (tertiary/aromatic N) is 1. The van der Waals surface area contributed by atoms with Crippen LogP contribution in [0.25, 0.3) is 0 Å². The highest BCUT2D eigenvalue weighted by molar-refractivity contribution is 7.98. The van der Waals surface area contributed by atoms with E-state index in [1.165, 1.54) is 17.8 Å². The number of thioether (sulfide) groups is 1. The van der Waals surface area contributed by atoms with Crippen molar-refractivity contribution >= 4 is 11.8 Å². The number of pyridine rings is 1. The number of aromatic nitrogens is 1. The summed E-state index contributed by atoms with van der Waals surface area (Å²) in [5.74, 6) is -1.33. The van der Waals surface area contributed by atoms with Gasteiger partial charge in [0.25, 0.3) is 0 Å². The lowest BCUT2D eigenvalue weighted by Gasteiger charge is -2.16. The Bertz CT molecular complexity index is 770. The molecule has 22 heavy (non-hydrogen) atoms. The Morgan fingerprint density at radius 2 is 2.09 bits per heavy atom. The molecule has 1 aromatic heterocycles. The van der Waals surface area contributed by atoms with Crippen molar-refractivity contribution in [3.05, 3.63) is 62.9 Å². The third kappa shape index (κ3) is 2.70. The standard InChI is InChI=1S/C17H17F2NOS/c1-2-20-14-8-4-6-12(14)15(21)9-16(20)22-10-11-5-3-7-13(18)17(11)19/h3,5,7,9H,2,4,6,8,10H2,1H3. The van der Waals surface area contributed by atoms with Crippen molar-refractivity contribution in [3.8, 4) is 0 Å². The van der Waals surface area contributed by atoms with E-state index in [9.17, 15) is 13.6 Å². The normalized spacial score (nSPS) is 13.4. The Morgan fingerprint density at radius 1 is 1.27 bits per heavy atom. The SMILES string of the molecule is CCn1c(SCc2cccc(F)c2F)cc(=O)c2c1CCC2. The van der Waals surface area contributed by atoms with Crippen molar-refractivity contribution in [1.29, 1.82) is 0 Å². The van der Waals surface area contributed by atoms with Crippen LogP contribution in [0.5, 0.6) is 0 Å². The van der Waals surface area contributed by atoms with Crippen LogP contribution in [-0.4, -0.2) is 4.57 Å². The molecule has 1 aromatic carbocycles. The van der Waals surface area contributed by atoms with Crippen LogP contribution in [-0.2, 0) is 25.1 Å². The molecule has 0 saturated heterocycles. The highest BCUT2D eigenvalue weighted by Gasteiger charge is 2.20. The van der Waals surface area contributed by atoms with Crippen molar-refractivity contribution in [1.82, 2.24) is 4.57 Å². The largest absolute Gasteiger partial charge is 0.340 e. The van der Waals surface area contributed by atoms with Crippen molar-refractivity contribution in [3.63, 3.8) is 0 Å². The maximum absolute atomic E-state index is 13.7. The molecule has 0 fully saturated rings. The highest BCUT2D eigenvalue weighted by Crippen LogP contribution is 2.28. The van der Waals surface area contributed by atoms with Gasteiger partial charge in [0.05, 0.1) is 5.03 Å². The molecule has 1 aliphatic rings. The monoisotopic (exact) mass is 321 g/mol. The predicted octanol–water partition coefficient (Wildman–Crippen LogP) is 3.93. The van der Waals surface area contributed by atoms with E-state index < -0.39 is 11.6 Å². The zero-order valence-electron chi connectivity index (χ0n) is 12.4. The van der Waals surface area contributed by atoms with Gasteiger partial charge in [-0.2, -0.15) is 0 Å². The van der Waals surface area contributed by atoms with Gasteiger partial charge < -0.3 is 4.57 Å². The van der Waals surface area contributed by atoms with Gasteiger partial charge in [0.15, 0.2) is 17.1 Å². The Balaban J connectivity index is 1.91. The molecule has 0 spiro atoms. The van der Waals surface area contributed by atoms with E-state index in [1.807, 2.05) is 6.92 Å². The van der Waals surface area contributed by atoms with Gasteiger partial charge in [-0.15, -0.1) is 11.8 Å². The average molecular weight is 321 g/mol. The molecule has 0 atom stereocenters. The molecule has 0 unspecified atom stereocenters. The van der Waals surface area contributed by atoms with Crippen LogP contribution in [0.4, 0.5) is 8.78 Å². The Hall–Kier alpha value is -1.62.